The predicted octanol–water partition coefficient (Wildman–Crippen LogP) is 1.29. The summed E-state index contributed by atoms with van der Waals surface area (Å²) in [5, 5.41) is 7.79. The van der Waals surface area contributed by atoms with Gasteiger partial charge in [0.25, 0.3) is 0 Å². The third kappa shape index (κ3) is 2.14. The second-order valence-electron chi connectivity index (χ2n) is 4.80. The van der Waals surface area contributed by atoms with Crippen molar-refractivity contribution in [3.05, 3.63) is 35.5 Å². The maximum absolute atomic E-state index is 4.45. The van der Waals surface area contributed by atoms with Crippen molar-refractivity contribution in [2.45, 2.75) is 0 Å². The fourth-order valence-corrected chi connectivity index (χ4v) is 2.57. The van der Waals surface area contributed by atoms with Gasteiger partial charge >= 0.3 is 0 Å². The zero-order chi connectivity index (χ0) is 12.7. The number of nitrogens with zero attached hydrogens (tertiary/aromatic N) is 2. The van der Waals surface area contributed by atoms with E-state index in [2.05, 4.69) is 49.9 Å². The zero-order valence-corrected chi connectivity index (χ0v) is 11.8. The Kier molecular flexibility index (Phi) is 3.36. The van der Waals surface area contributed by atoms with Crippen LogP contribution in [0.15, 0.2) is 34.3 Å². The van der Waals surface area contributed by atoms with Gasteiger partial charge in [-0.1, -0.05) is 12.1 Å². The van der Waals surface area contributed by atoms with Crippen molar-refractivity contribution in [3.63, 3.8) is 0 Å². The van der Waals surface area contributed by atoms with Crippen LogP contribution in [0.4, 0.5) is 0 Å². The molecule has 20 heavy (non-hydrogen) atoms. The van der Waals surface area contributed by atoms with Gasteiger partial charge in [-0.15, -0.1) is 12.4 Å². The highest BCUT2D eigenvalue weighted by molar-refractivity contribution is 6.05. The van der Waals surface area contributed by atoms with Gasteiger partial charge in [-0.25, -0.2) is 0 Å². The Morgan fingerprint density at radius 2 is 1.65 bits per heavy atom. The molecule has 4 rings (SSSR count). The molecule has 0 aliphatic carbocycles. The Balaban J connectivity index is 0.00000121. The number of aromatic nitrogens is 1. The molecule has 5 nitrogen and oxygen atoms in total. The van der Waals surface area contributed by atoms with Crippen LogP contribution in [-0.4, -0.2) is 42.8 Å². The van der Waals surface area contributed by atoms with E-state index >= 15 is 0 Å². The van der Waals surface area contributed by atoms with Gasteiger partial charge < -0.3 is 15.6 Å². The number of benzene rings is 1. The third-order valence-corrected chi connectivity index (χ3v) is 3.50. The van der Waals surface area contributed by atoms with Crippen LogP contribution in [0.2, 0.25) is 0 Å². The van der Waals surface area contributed by atoms with Gasteiger partial charge in [-0.2, -0.15) is 0 Å². The van der Waals surface area contributed by atoms with E-state index in [-0.39, 0.29) is 12.4 Å². The second-order valence-corrected chi connectivity index (χ2v) is 4.80. The highest BCUT2D eigenvalue weighted by Crippen LogP contribution is 2.18. The summed E-state index contributed by atoms with van der Waals surface area (Å²) < 4.78 is 0. The lowest BCUT2D eigenvalue weighted by Gasteiger charge is -2.01. The van der Waals surface area contributed by atoms with Gasteiger partial charge in [-0.05, 0) is 12.1 Å². The van der Waals surface area contributed by atoms with E-state index in [1.807, 2.05) is 0 Å². The van der Waals surface area contributed by atoms with Crippen molar-refractivity contribution >= 4 is 35.0 Å². The molecule has 2 aliphatic rings. The number of hydrogen-bond donors (Lipinski definition) is 3. The SMILES string of the molecule is Cl.c1cc2cc(C3=NCCN3)[nH]c2cc1C1=NCCN1. The van der Waals surface area contributed by atoms with Crippen molar-refractivity contribution in [2.24, 2.45) is 9.98 Å². The minimum absolute atomic E-state index is 0. The van der Waals surface area contributed by atoms with E-state index < -0.39 is 0 Å². The van der Waals surface area contributed by atoms with E-state index in [4.69, 9.17) is 0 Å². The van der Waals surface area contributed by atoms with E-state index in [1.165, 1.54) is 5.39 Å². The summed E-state index contributed by atoms with van der Waals surface area (Å²) in [5.74, 6) is 1.96. The monoisotopic (exact) mass is 289 g/mol. The molecule has 6 heteroatoms. The first kappa shape index (κ1) is 13.0. The number of halogens is 1. The van der Waals surface area contributed by atoms with E-state index in [0.717, 1.165) is 54.6 Å². The first-order valence-corrected chi connectivity index (χ1v) is 6.60. The standard InChI is InChI=1S/C14H15N5.ClH/c1-2-10(13-15-3-4-16-13)8-11-9(1)7-12(19-11)14-17-5-6-18-14;/h1-2,7-8,19H,3-6H2,(H,15,16)(H,17,18);1H. The molecular weight excluding hydrogens is 274 g/mol. The number of rotatable bonds is 2. The van der Waals surface area contributed by atoms with Gasteiger partial charge in [-0.3, -0.25) is 9.98 Å². The lowest BCUT2D eigenvalue weighted by Crippen LogP contribution is -2.19. The molecule has 2 aromatic rings. The van der Waals surface area contributed by atoms with Crippen LogP contribution in [0.5, 0.6) is 0 Å². The van der Waals surface area contributed by atoms with Crippen molar-refractivity contribution in [2.75, 3.05) is 26.2 Å². The van der Waals surface area contributed by atoms with Crippen molar-refractivity contribution in [3.8, 4) is 0 Å². The molecule has 3 heterocycles. The maximum atomic E-state index is 4.45. The van der Waals surface area contributed by atoms with E-state index in [9.17, 15) is 0 Å². The number of H-pyrrole nitrogens is 1. The summed E-state index contributed by atoms with van der Waals surface area (Å²) >= 11 is 0. The van der Waals surface area contributed by atoms with E-state index in [1.54, 1.807) is 0 Å². The minimum Gasteiger partial charge on any atom is -0.368 e. The predicted molar refractivity (Wildman–Crippen MR) is 84.4 cm³/mol. The molecule has 0 bridgehead atoms. The number of amidine groups is 2. The Hall–Kier alpha value is -2.01. The summed E-state index contributed by atoms with van der Waals surface area (Å²) in [6.45, 7) is 3.58. The molecule has 0 atom stereocenters. The van der Waals surface area contributed by atoms with Crippen LogP contribution >= 0.6 is 12.4 Å². The van der Waals surface area contributed by atoms with Crippen molar-refractivity contribution < 1.29 is 0 Å². The topological polar surface area (TPSA) is 64.6 Å². The molecule has 0 unspecified atom stereocenters. The molecule has 0 spiro atoms. The molecule has 104 valence electrons. The molecule has 0 fully saturated rings. The fraction of sp³-hybridized carbons (Fsp3) is 0.286. The Morgan fingerprint density at radius 3 is 2.35 bits per heavy atom. The van der Waals surface area contributed by atoms with Crippen LogP contribution in [-0.2, 0) is 0 Å². The highest BCUT2D eigenvalue weighted by atomic mass is 35.5. The average molecular weight is 290 g/mol. The normalized spacial score (nSPS) is 17.2. The molecule has 2 aliphatic heterocycles. The van der Waals surface area contributed by atoms with Crippen LogP contribution in [0.1, 0.15) is 11.3 Å². The average Bonchev–Trinajstić information content (AvgIpc) is 3.18. The van der Waals surface area contributed by atoms with E-state index in [0.29, 0.717) is 0 Å². The zero-order valence-electron chi connectivity index (χ0n) is 10.9. The molecule has 1 aromatic carbocycles. The number of hydrogen-bond acceptors (Lipinski definition) is 4. The van der Waals surface area contributed by atoms with Gasteiger partial charge in [0.05, 0.1) is 18.8 Å². The lowest BCUT2D eigenvalue weighted by atomic mass is 10.1. The maximum Gasteiger partial charge on any atom is 0.145 e. The summed E-state index contributed by atoms with van der Waals surface area (Å²) in [7, 11) is 0. The minimum atomic E-state index is 0. The van der Waals surface area contributed by atoms with Gasteiger partial charge in [0.2, 0.25) is 0 Å². The smallest absolute Gasteiger partial charge is 0.145 e. The van der Waals surface area contributed by atoms with Crippen LogP contribution < -0.4 is 10.6 Å². The van der Waals surface area contributed by atoms with Crippen LogP contribution in [0.25, 0.3) is 10.9 Å². The molecule has 0 radical (unpaired) electrons. The molecular formula is C14H16ClN5. The largest absolute Gasteiger partial charge is 0.368 e. The molecule has 0 amide bonds. The number of aliphatic imine (C=N–C) groups is 2. The fourth-order valence-electron chi connectivity index (χ4n) is 2.57. The molecule has 3 N–H and O–H groups in total. The highest BCUT2D eigenvalue weighted by Gasteiger charge is 2.13. The number of nitrogens with one attached hydrogen (secondary N) is 3. The Bertz CT molecular complexity index is 679. The second kappa shape index (κ2) is 5.17. The Morgan fingerprint density at radius 1 is 0.900 bits per heavy atom. The van der Waals surface area contributed by atoms with Crippen molar-refractivity contribution in [1.82, 2.24) is 15.6 Å². The summed E-state index contributed by atoms with van der Waals surface area (Å²) in [6, 6.07) is 8.52. The first-order chi connectivity index (χ1) is 9.40. The van der Waals surface area contributed by atoms with Crippen LogP contribution in [0, 0.1) is 0 Å². The van der Waals surface area contributed by atoms with Gasteiger partial charge in [0.15, 0.2) is 0 Å². The van der Waals surface area contributed by atoms with Crippen LogP contribution in [0.3, 0.4) is 0 Å². The Labute approximate surface area is 123 Å². The summed E-state index contributed by atoms with van der Waals surface area (Å²) in [4.78, 5) is 12.3. The lowest BCUT2D eigenvalue weighted by molar-refractivity contribution is 0.959. The molecule has 0 saturated heterocycles. The molecule has 0 saturated carbocycles. The van der Waals surface area contributed by atoms with Gasteiger partial charge in [0, 0.05) is 29.6 Å². The molecule has 1 aromatic heterocycles. The number of aromatic amines is 1. The van der Waals surface area contributed by atoms with Crippen molar-refractivity contribution in [1.29, 1.82) is 0 Å². The number of fused-ring (bicyclic) bond motifs is 1. The third-order valence-electron chi connectivity index (χ3n) is 3.50. The quantitative estimate of drug-likeness (QED) is 0.780. The van der Waals surface area contributed by atoms with Gasteiger partial charge in [0.1, 0.15) is 11.7 Å². The summed E-state index contributed by atoms with van der Waals surface area (Å²) in [5.41, 5.74) is 3.32. The first-order valence-electron chi connectivity index (χ1n) is 6.60. The summed E-state index contributed by atoms with van der Waals surface area (Å²) in [6.07, 6.45) is 0.